The highest BCUT2D eigenvalue weighted by Crippen LogP contribution is 2.21. The second-order valence-electron chi connectivity index (χ2n) is 9.06. The van der Waals surface area contributed by atoms with Gasteiger partial charge in [-0.3, -0.25) is 9.59 Å². The van der Waals surface area contributed by atoms with Crippen molar-refractivity contribution in [3.05, 3.63) is 71.0 Å². The highest BCUT2D eigenvalue weighted by atomic mass is 28.3. The van der Waals surface area contributed by atoms with Gasteiger partial charge in [-0.25, -0.2) is 8.78 Å². The molecule has 0 radical (unpaired) electrons. The van der Waals surface area contributed by atoms with Gasteiger partial charge in [0, 0.05) is 24.1 Å². The zero-order valence-corrected chi connectivity index (χ0v) is 20.8. The van der Waals surface area contributed by atoms with Crippen molar-refractivity contribution in [1.82, 2.24) is 10.5 Å². The minimum atomic E-state index is -2.29. The van der Waals surface area contributed by atoms with Crippen LogP contribution >= 0.6 is 0 Å². The molecule has 0 spiro atoms. The Labute approximate surface area is 202 Å². The van der Waals surface area contributed by atoms with E-state index in [1.54, 1.807) is 31.4 Å². The van der Waals surface area contributed by atoms with Crippen LogP contribution in [0.5, 0.6) is 5.88 Å². The van der Waals surface area contributed by atoms with Gasteiger partial charge in [0.1, 0.15) is 23.4 Å². The quantitative estimate of drug-likeness (QED) is 0.386. The Morgan fingerprint density at radius 1 is 1.11 bits per heavy atom. The summed E-state index contributed by atoms with van der Waals surface area (Å²) in [6.07, 6.45) is -0.284. The van der Waals surface area contributed by atoms with Gasteiger partial charge in [-0.1, -0.05) is 43.9 Å². The van der Waals surface area contributed by atoms with Gasteiger partial charge < -0.3 is 25.0 Å². The zero-order chi connectivity index (χ0) is 25.8. The monoisotopic (exact) mass is 503 g/mol. The minimum Gasteiger partial charge on any atom is -0.491 e. The number of aromatic hydroxyl groups is 1. The molecule has 8 nitrogen and oxygen atoms in total. The lowest BCUT2D eigenvalue weighted by atomic mass is 10.0. The van der Waals surface area contributed by atoms with Crippen LogP contribution in [-0.4, -0.2) is 37.3 Å². The number of aromatic nitrogens is 1. The number of rotatable bonds is 9. The molecule has 0 bridgehead atoms. The van der Waals surface area contributed by atoms with Crippen LogP contribution in [0.4, 0.5) is 14.5 Å². The Hall–Kier alpha value is -3.57. The van der Waals surface area contributed by atoms with Crippen LogP contribution in [0.15, 0.2) is 47.0 Å². The average Bonchev–Trinajstić information content (AvgIpc) is 3.15. The van der Waals surface area contributed by atoms with E-state index in [0.717, 1.165) is 17.7 Å². The first kappa shape index (κ1) is 26.0. The molecule has 3 N–H and O–H groups in total. The summed E-state index contributed by atoms with van der Waals surface area (Å²) in [4.78, 5) is 25.8. The second-order valence-corrected chi connectivity index (χ2v) is 14.1. The van der Waals surface area contributed by atoms with E-state index in [-0.39, 0.29) is 28.9 Å². The summed E-state index contributed by atoms with van der Waals surface area (Å²) in [6, 6.07) is 8.92. The van der Waals surface area contributed by atoms with Gasteiger partial charge in [0.05, 0.1) is 21.1 Å². The Bertz CT molecular complexity index is 1190. The Morgan fingerprint density at radius 3 is 2.26 bits per heavy atom. The number of anilines is 1. The molecule has 1 atom stereocenters. The maximum absolute atomic E-state index is 14.7. The van der Waals surface area contributed by atoms with Crippen LogP contribution in [0.3, 0.4) is 0 Å². The first-order valence-corrected chi connectivity index (χ1v) is 14.3. The SMILES string of the molecule is COCc1ccc([C@@H](NC(=O)Cc2cc(O)no2)C(=O)Nc2cc(F)c([Si](C)(C)C)c(F)c2)cc1. The third kappa shape index (κ3) is 6.73. The van der Waals surface area contributed by atoms with Crippen LogP contribution in [0.2, 0.25) is 19.6 Å². The Balaban J connectivity index is 1.86. The molecule has 3 aromatic rings. The molecular weight excluding hydrogens is 476 g/mol. The zero-order valence-electron chi connectivity index (χ0n) is 19.8. The van der Waals surface area contributed by atoms with Crippen molar-refractivity contribution in [2.75, 3.05) is 12.4 Å². The normalized spacial score (nSPS) is 12.3. The van der Waals surface area contributed by atoms with E-state index >= 15 is 0 Å². The van der Waals surface area contributed by atoms with Crippen molar-refractivity contribution in [1.29, 1.82) is 0 Å². The topological polar surface area (TPSA) is 114 Å². The van der Waals surface area contributed by atoms with E-state index in [0.29, 0.717) is 12.2 Å². The van der Waals surface area contributed by atoms with Gasteiger partial charge in [-0.2, -0.15) is 0 Å². The van der Waals surface area contributed by atoms with E-state index in [4.69, 9.17) is 9.26 Å². The number of halogens is 2. The number of nitrogens with one attached hydrogen (secondary N) is 2. The van der Waals surface area contributed by atoms with Crippen molar-refractivity contribution in [3.63, 3.8) is 0 Å². The lowest BCUT2D eigenvalue weighted by Gasteiger charge is -2.21. The first-order chi connectivity index (χ1) is 16.5. The predicted octanol–water partition coefficient (Wildman–Crippen LogP) is 3.39. The number of ether oxygens (including phenoxy) is 1. The number of hydrogen-bond donors (Lipinski definition) is 3. The third-order valence-corrected chi connectivity index (χ3v) is 7.11. The smallest absolute Gasteiger partial charge is 0.251 e. The molecule has 3 rings (SSSR count). The number of benzene rings is 2. The standard InChI is InChI=1S/C24H27F2N3O5Si/c1-33-13-14-5-7-15(8-6-14)22(28-20(30)11-17-12-21(31)29-34-17)24(32)27-16-9-18(25)23(19(26)10-16)35(2,3)4/h5-10,12,22H,11,13H2,1-4H3,(H,27,32)(H,28,30)(H,29,31)/t22-/m1/s1. The van der Waals surface area contributed by atoms with E-state index in [9.17, 15) is 23.5 Å². The van der Waals surface area contributed by atoms with Crippen molar-refractivity contribution in [2.24, 2.45) is 0 Å². The van der Waals surface area contributed by atoms with Crippen LogP contribution in [0.25, 0.3) is 0 Å². The van der Waals surface area contributed by atoms with Crippen molar-refractivity contribution in [3.8, 4) is 5.88 Å². The molecule has 0 aliphatic rings. The van der Waals surface area contributed by atoms with E-state index in [1.807, 2.05) is 19.6 Å². The van der Waals surface area contributed by atoms with Gasteiger partial charge in [-0.15, -0.1) is 0 Å². The lowest BCUT2D eigenvalue weighted by molar-refractivity contribution is -0.126. The highest BCUT2D eigenvalue weighted by Gasteiger charge is 2.28. The molecule has 2 amide bonds. The fourth-order valence-corrected chi connectivity index (χ4v) is 5.18. The summed E-state index contributed by atoms with van der Waals surface area (Å²) in [5.41, 5.74) is 1.23. The second kappa shape index (κ2) is 10.8. The third-order valence-electron chi connectivity index (χ3n) is 5.13. The summed E-state index contributed by atoms with van der Waals surface area (Å²) in [7, 11) is -0.738. The number of hydrogen-bond acceptors (Lipinski definition) is 6. The number of amides is 2. The van der Waals surface area contributed by atoms with E-state index < -0.39 is 37.6 Å². The molecule has 0 saturated heterocycles. The first-order valence-electron chi connectivity index (χ1n) is 10.8. The summed E-state index contributed by atoms with van der Waals surface area (Å²) in [5, 5.41) is 17.7. The van der Waals surface area contributed by atoms with Gasteiger partial charge in [0.15, 0.2) is 0 Å². The Morgan fingerprint density at radius 2 is 1.74 bits per heavy atom. The molecule has 2 aromatic carbocycles. The molecule has 1 aromatic heterocycles. The molecule has 186 valence electrons. The molecule has 0 fully saturated rings. The van der Waals surface area contributed by atoms with Gasteiger partial charge >= 0.3 is 0 Å². The fourth-order valence-electron chi connectivity index (χ4n) is 3.61. The summed E-state index contributed by atoms with van der Waals surface area (Å²) >= 11 is 0. The molecule has 1 heterocycles. The number of carbonyl (C=O) groups is 2. The maximum atomic E-state index is 14.7. The van der Waals surface area contributed by atoms with Crippen molar-refractivity contribution in [2.45, 2.75) is 38.7 Å². The van der Waals surface area contributed by atoms with Crippen LogP contribution in [-0.2, 0) is 27.4 Å². The molecule has 0 aliphatic carbocycles. The Kier molecular flexibility index (Phi) is 8.02. The highest BCUT2D eigenvalue weighted by molar-refractivity contribution is 6.88. The van der Waals surface area contributed by atoms with Gasteiger partial charge in [0.25, 0.3) is 11.8 Å². The number of methoxy groups -OCH3 is 1. The summed E-state index contributed by atoms with van der Waals surface area (Å²) in [5.74, 6) is -3.02. The van der Waals surface area contributed by atoms with Gasteiger partial charge in [0.2, 0.25) is 5.91 Å². The summed E-state index contributed by atoms with van der Waals surface area (Å²) in [6.45, 7) is 5.82. The minimum absolute atomic E-state index is 0.0457. The summed E-state index contributed by atoms with van der Waals surface area (Å²) < 4.78 is 39.3. The molecule has 35 heavy (non-hydrogen) atoms. The average molecular weight is 504 g/mol. The molecule has 0 saturated carbocycles. The number of carbonyl (C=O) groups excluding carboxylic acids is 2. The van der Waals surface area contributed by atoms with E-state index in [1.165, 1.54) is 6.07 Å². The van der Waals surface area contributed by atoms with Crippen LogP contribution in [0.1, 0.15) is 22.9 Å². The molecule has 0 aliphatic heterocycles. The molecule has 0 unspecified atom stereocenters. The fraction of sp³-hybridized carbons (Fsp3) is 0.292. The van der Waals surface area contributed by atoms with Crippen LogP contribution < -0.4 is 15.8 Å². The maximum Gasteiger partial charge on any atom is 0.251 e. The molecular formula is C24H27F2N3O5Si. The van der Waals surface area contributed by atoms with E-state index in [2.05, 4.69) is 15.8 Å². The number of nitrogens with zero attached hydrogens (tertiary/aromatic N) is 1. The van der Waals surface area contributed by atoms with Gasteiger partial charge in [-0.05, 0) is 28.4 Å². The molecule has 11 heteroatoms. The lowest BCUT2D eigenvalue weighted by Crippen LogP contribution is -2.42. The van der Waals surface area contributed by atoms with Crippen molar-refractivity contribution >= 4 is 30.8 Å². The van der Waals surface area contributed by atoms with Crippen molar-refractivity contribution < 1.29 is 32.7 Å². The van der Waals surface area contributed by atoms with Crippen LogP contribution in [0, 0.1) is 11.6 Å². The predicted molar refractivity (Wildman–Crippen MR) is 128 cm³/mol. The largest absolute Gasteiger partial charge is 0.491 e.